The Kier molecular flexibility index (Phi) is 7.84. The second kappa shape index (κ2) is 10.6. The summed E-state index contributed by atoms with van der Waals surface area (Å²) < 4.78 is 10.5. The molecule has 32 heavy (non-hydrogen) atoms. The van der Waals surface area contributed by atoms with Crippen LogP contribution < -0.4 is 0 Å². The second-order valence-electron chi connectivity index (χ2n) is 8.45. The van der Waals surface area contributed by atoms with Crippen molar-refractivity contribution in [3.8, 4) is 0 Å². The highest BCUT2D eigenvalue weighted by Gasteiger charge is 2.51. The van der Waals surface area contributed by atoms with Crippen LogP contribution in [0.1, 0.15) is 52.8 Å². The molecular formula is C23H30N2O7. The number of piperidine rings is 1. The van der Waals surface area contributed by atoms with Crippen molar-refractivity contribution < 1.29 is 33.8 Å². The van der Waals surface area contributed by atoms with Gasteiger partial charge >= 0.3 is 11.9 Å². The monoisotopic (exact) mass is 446 g/mol. The summed E-state index contributed by atoms with van der Waals surface area (Å²) in [5, 5.41) is 6.89. The lowest BCUT2D eigenvalue weighted by Crippen LogP contribution is -2.45. The first kappa shape index (κ1) is 23.7. The maximum atomic E-state index is 13.0. The van der Waals surface area contributed by atoms with Gasteiger partial charge in [-0.1, -0.05) is 12.1 Å². The average molecular weight is 447 g/mol. The van der Waals surface area contributed by atoms with Crippen LogP contribution in [0.5, 0.6) is 0 Å². The normalized spacial score (nSPS) is 22.1. The van der Waals surface area contributed by atoms with Crippen molar-refractivity contribution in [2.24, 2.45) is 5.41 Å². The Morgan fingerprint density at radius 2 is 1.75 bits per heavy atom. The predicted octanol–water partition coefficient (Wildman–Crippen LogP) is 1.81. The van der Waals surface area contributed by atoms with E-state index in [1.807, 2.05) is 0 Å². The molecule has 0 aromatic heterocycles. The number of ether oxygens (including phenoxy) is 2. The maximum absolute atomic E-state index is 13.0. The molecule has 0 saturated carbocycles. The van der Waals surface area contributed by atoms with Crippen molar-refractivity contribution in [3.05, 3.63) is 35.4 Å². The van der Waals surface area contributed by atoms with Crippen LogP contribution in [0.3, 0.4) is 0 Å². The van der Waals surface area contributed by atoms with Crippen LogP contribution in [0.2, 0.25) is 0 Å². The number of carboxylic acid groups (broad SMARTS) is 1. The summed E-state index contributed by atoms with van der Waals surface area (Å²) in [6.07, 6.45) is 4.35. The molecule has 1 N–H and O–H groups in total. The van der Waals surface area contributed by atoms with E-state index in [0.29, 0.717) is 31.5 Å². The Balaban J connectivity index is 0.000000913. The minimum atomic E-state index is -0.522. The van der Waals surface area contributed by atoms with Gasteiger partial charge in [0.05, 0.1) is 23.7 Å². The summed E-state index contributed by atoms with van der Waals surface area (Å²) in [6.45, 7) is 3.72. The Labute approximate surface area is 187 Å². The van der Waals surface area contributed by atoms with Crippen molar-refractivity contribution in [1.82, 2.24) is 9.80 Å². The summed E-state index contributed by atoms with van der Waals surface area (Å²) in [5.74, 6) is -0.823. The van der Waals surface area contributed by atoms with Crippen LogP contribution in [0, 0.1) is 5.41 Å². The van der Waals surface area contributed by atoms with Gasteiger partial charge in [0, 0.05) is 26.1 Å². The number of likely N-dealkylation sites (tertiary alicyclic amines) is 2. The van der Waals surface area contributed by atoms with Gasteiger partial charge in [-0.3, -0.25) is 19.3 Å². The molecule has 1 aromatic rings. The highest BCUT2D eigenvalue weighted by molar-refractivity contribution is 6.05. The largest absolute Gasteiger partial charge is 0.483 e. The molecule has 3 aliphatic rings. The van der Waals surface area contributed by atoms with Crippen LogP contribution in [-0.2, 0) is 19.1 Å². The Bertz CT molecular complexity index is 843. The molecule has 0 aliphatic carbocycles. The number of nitrogens with zero attached hydrogens (tertiary/aromatic N) is 2. The van der Waals surface area contributed by atoms with E-state index in [4.69, 9.17) is 19.4 Å². The summed E-state index contributed by atoms with van der Waals surface area (Å²) in [4.78, 5) is 50.1. The summed E-state index contributed by atoms with van der Waals surface area (Å²) >= 11 is 0. The number of carbonyl (C=O) groups excluding carboxylic acids is 3. The molecule has 9 heteroatoms. The molecule has 0 radical (unpaired) electrons. The average Bonchev–Trinajstić information content (AvgIpc) is 3.42. The number of hydrogen-bond acceptors (Lipinski definition) is 7. The van der Waals surface area contributed by atoms with Crippen LogP contribution in [-0.4, -0.2) is 85.2 Å². The fourth-order valence-electron chi connectivity index (χ4n) is 4.87. The predicted molar refractivity (Wildman–Crippen MR) is 114 cm³/mol. The van der Waals surface area contributed by atoms with Crippen LogP contribution in [0.4, 0.5) is 0 Å². The Morgan fingerprint density at radius 1 is 1.16 bits per heavy atom. The van der Waals surface area contributed by atoms with Gasteiger partial charge in [-0.25, -0.2) is 4.79 Å². The van der Waals surface area contributed by atoms with Crippen molar-refractivity contribution in [2.45, 2.75) is 38.2 Å². The third kappa shape index (κ3) is 5.09. The molecule has 3 aliphatic heterocycles. The van der Waals surface area contributed by atoms with Gasteiger partial charge in [0.15, 0.2) is 0 Å². The molecule has 1 spiro atoms. The Hall–Kier alpha value is -2.94. The third-order valence-corrected chi connectivity index (χ3v) is 6.56. The number of methoxy groups -OCH3 is 1. The van der Waals surface area contributed by atoms with Crippen molar-refractivity contribution >= 4 is 24.3 Å². The van der Waals surface area contributed by atoms with Crippen LogP contribution in [0.15, 0.2) is 24.3 Å². The highest BCUT2D eigenvalue weighted by Crippen LogP contribution is 2.43. The molecule has 4 rings (SSSR count). The molecule has 1 aromatic carbocycles. The van der Waals surface area contributed by atoms with Gasteiger partial charge in [-0.2, -0.15) is 0 Å². The van der Waals surface area contributed by atoms with Gasteiger partial charge in [-0.15, -0.1) is 0 Å². The fourth-order valence-corrected chi connectivity index (χ4v) is 4.87. The highest BCUT2D eigenvalue weighted by atomic mass is 16.6. The van der Waals surface area contributed by atoms with E-state index >= 15 is 0 Å². The fraction of sp³-hybridized carbons (Fsp3) is 0.565. The summed E-state index contributed by atoms with van der Waals surface area (Å²) in [5.41, 5.74) is 0.144. The molecule has 3 fully saturated rings. The number of amides is 1. The zero-order valence-electron chi connectivity index (χ0n) is 18.3. The van der Waals surface area contributed by atoms with E-state index in [1.54, 1.807) is 29.2 Å². The summed E-state index contributed by atoms with van der Waals surface area (Å²) in [6, 6.07) is 6.70. The number of benzene rings is 1. The number of hydrogen-bond donors (Lipinski definition) is 1. The quantitative estimate of drug-likeness (QED) is 0.550. The molecular weight excluding hydrogens is 416 g/mol. The smallest absolute Gasteiger partial charge is 0.338 e. The van der Waals surface area contributed by atoms with Gasteiger partial charge < -0.3 is 19.5 Å². The lowest BCUT2D eigenvalue weighted by molar-refractivity contribution is -0.151. The van der Waals surface area contributed by atoms with Gasteiger partial charge in [0.1, 0.15) is 6.10 Å². The van der Waals surface area contributed by atoms with Crippen molar-refractivity contribution in [1.29, 1.82) is 0 Å². The standard InChI is InChI=1S/C22H28N2O5.CH2O2/c1-28-20(26)18-7-3-2-6-17(18)19(25)24-12-8-22(9-13-24)14-16(29-21(22)27)15-23-10-4-5-11-23;2-1-3/h2-3,6-7,16H,4-5,8-15H2,1H3;1H,(H,2,3). The van der Waals surface area contributed by atoms with E-state index in [-0.39, 0.29) is 30.0 Å². The van der Waals surface area contributed by atoms with E-state index in [0.717, 1.165) is 26.1 Å². The number of rotatable bonds is 4. The first-order valence-electron chi connectivity index (χ1n) is 10.9. The molecule has 1 amide bonds. The van der Waals surface area contributed by atoms with Gasteiger partial charge in [0.25, 0.3) is 12.4 Å². The number of esters is 2. The molecule has 0 bridgehead atoms. The SMILES string of the molecule is COC(=O)c1ccccc1C(=O)N1CCC2(CC1)CC(CN1CCCC1)OC2=O.O=CO. The minimum Gasteiger partial charge on any atom is -0.483 e. The maximum Gasteiger partial charge on any atom is 0.338 e. The lowest BCUT2D eigenvalue weighted by Gasteiger charge is -2.36. The van der Waals surface area contributed by atoms with E-state index < -0.39 is 11.4 Å². The van der Waals surface area contributed by atoms with Crippen molar-refractivity contribution in [2.75, 3.05) is 39.8 Å². The number of carbonyl (C=O) groups is 4. The Morgan fingerprint density at radius 3 is 2.34 bits per heavy atom. The molecule has 3 saturated heterocycles. The third-order valence-electron chi connectivity index (χ3n) is 6.56. The van der Waals surface area contributed by atoms with Crippen LogP contribution >= 0.6 is 0 Å². The van der Waals surface area contributed by atoms with E-state index in [9.17, 15) is 14.4 Å². The summed E-state index contributed by atoms with van der Waals surface area (Å²) in [7, 11) is 1.30. The number of cyclic esters (lactones) is 1. The van der Waals surface area contributed by atoms with E-state index in [1.165, 1.54) is 20.0 Å². The second-order valence-corrected chi connectivity index (χ2v) is 8.45. The first-order valence-corrected chi connectivity index (χ1v) is 10.9. The zero-order chi connectivity index (χ0) is 23.1. The van der Waals surface area contributed by atoms with Crippen molar-refractivity contribution in [3.63, 3.8) is 0 Å². The molecule has 1 unspecified atom stereocenters. The van der Waals surface area contributed by atoms with Gasteiger partial charge in [0.2, 0.25) is 0 Å². The van der Waals surface area contributed by atoms with E-state index in [2.05, 4.69) is 4.90 Å². The molecule has 174 valence electrons. The molecule has 9 nitrogen and oxygen atoms in total. The molecule has 3 heterocycles. The zero-order valence-corrected chi connectivity index (χ0v) is 18.3. The molecule has 1 atom stereocenters. The van der Waals surface area contributed by atoms with Gasteiger partial charge in [-0.05, 0) is 50.9 Å². The topological polar surface area (TPSA) is 113 Å². The lowest BCUT2D eigenvalue weighted by atomic mass is 9.76. The first-order chi connectivity index (χ1) is 15.4. The minimum absolute atomic E-state index is 0.0390. The van der Waals surface area contributed by atoms with Crippen LogP contribution in [0.25, 0.3) is 0 Å².